The van der Waals surface area contributed by atoms with Gasteiger partial charge in [0.15, 0.2) is 5.78 Å². The molecule has 96 valence electrons. The number of carbonyl (C=O) groups excluding carboxylic acids is 1. The molecule has 0 heterocycles. The molecule has 0 saturated heterocycles. The predicted octanol–water partition coefficient (Wildman–Crippen LogP) is 5.11. The van der Waals surface area contributed by atoms with Gasteiger partial charge in [0.25, 0.3) is 0 Å². The normalized spacial score (nSPS) is 11.4. The van der Waals surface area contributed by atoms with E-state index in [-0.39, 0.29) is 5.78 Å². The number of benzene rings is 2. The monoisotopic (exact) mass is 290 g/mol. The van der Waals surface area contributed by atoms with Crippen molar-refractivity contribution in [1.29, 1.82) is 0 Å². The van der Waals surface area contributed by atoms with Crippen LogP contribution in [0.25, 0.3) is 5.03 Å². The SMILES string of the molecule is Cc1ccc(/C(Cl)=C/C(=O)c2ccccc2Cl)cc1. The molecule has 0 amide bonds. The highest BCUT2D eigenvalue weighted by molar-refractivity contribution is 6.50. The fraction of sp³-hybridized carbons (Fsp3) is 0.0625. The Hall–Kier alpha value is -1.57. The van der Waals surface area contributed by atoms with Crippen LogP contribution in [0.1, 0.15) is 21.5 Å². The van der Waals surface area contributed by atoms with Crippen molar-refractivity contribution in [3.05, 3.63) is 76.3 Å². The summed E-state index contributed by atoms with van der Waals surface area (Å²) < 4.78 is 0. The molecule has 0 bridgehead atoms. The van der Waals surface area contributed by atoms with Crippen LogP contribution < -0.4 is 0 Å². The fourth-order valence-electron chi connectivity index (χ4n) is 1.65. The van der Waals surface area contributed by atoms with Gasteiger partial charge in [-0.3, -0.25) is 4.79 Å². The van der Waals surface area contributed by atoms with Crippen LogP contribution in [0.4, 0.5) is 0 Å². The summed E-state index contributed by atoms with van der Waals surface area (Å²) in [7, 11) is 0. The Balaban J connectivity index is 2.28. The van der Waals surface area contributed by atoms with Crippen LogP contribution in [-0.4, -0.2) is 5.78 Å². The standard InChI is InChI=1S/C16H12Cl2O/c1-11-6-8-12(9-7-11)15(18)10-16(19)13-4-2-3-5-14(13)17/h2-10H,1H3/b15-10-. The lowest BCUT2D eigenvalue weighted by Crippen LogP contribution is -1.96. The number of aryl methyl sites for hydroxylation is 1. The van der Waals surface area contributed by atoms with Crippen molar-refractivity contribution >= 4 is 34.0 Å². The highest BCUT2D eigenvalue weighted by atomic mass is 35.5. The summed E-state index contributed by atoms with van der Waals surface area (Å²) in [6.07, 6.45) is 1.40. The van der Waals surface area contributed by atoms with Gasteiger partial charge in [-0.2, -0.15) is 0 Å². The summed E-state index contributed by atoms with van der Waals surface area (Å²) in [5, 5.41) is 0.835. The van der Waals surface area contributed by atoms with Crippen LogP contribution in [0.2, 0.25) is 5.02 Å². The van der Waals surface area contributed by atoms with Gasteiger partial charge in [-0.25, -0.2) is 0 Å². The number of ketones is 1. The van der Waals surface area contributed by atoms with Crippen molar-refractivity contribution in [2.24, 2.45) is 0 Å². The van der Waals surface area contributed by atoms with Gasteiger partial charge in [0.1, 0.15) is 0 Å². The summed E-state index contributed by atoms with van der Waals surface area (Å²) in [4.78, 5) is 12.1. The summed E-state index contributed by atoms with van der Waals surface area (Å²) in [6, 6.07) is 14.6. The number of hydrogen-bond acceptors (Lipinski definition) is 1. The molecule has 0 spiro atoms. The minimum absolute atomic E-state index is 0.198. The first-order chi connectivity index (χ1) is 9.08. The molecule has 19 heavy (non-hydrogen) atoms. The molecule has 0 aliphatic heterocycles. The third-order valence-electron chi connectivity index (χ3n) is 2.72. The van der Waals surface area contributed by atoms with E-state index in [2.05, 4.69) is 0 Å². The smallest absolute Gasteiger partial charge is 0.188 e. The van der Waals surface area contributed by atoms with E-state index in [9.17, 15) is 4.79 Å². The number of carbonyl (C=O) groups is 1. The molecule has 0 N–H and O–H groups in total. The lowest BCUT2D eigenvalue weighted by molar-refractivity contribution is 0.104. The zero-order chi connectivity index (χ0) is 13.8. The maximum absolute atomic E-state index is 12.1. The zero-order valence-corrected chi connectivity index (χ0v) is 11.9. The first-order valence-corrected chi connectivity index (χ1v) is 6.56. The van der Waals surface area contributed by atoms with Crippen LogP contribution in [-0.2, 0) is 0 Å². The molecular formula is C16H12Cl2O. The molecular weight excluding hydrogens is 279 g/mol. The average Bonchev–Trinajstić information content (AvgIpc) is 2.39. The number of hydrogen-bond donors (Lipinski definition) is 0. The molecule has 0 radical (unpaired) electrons. The van der Waals surface area contributed by atoms with Crippen LogP contribution in [0.15, 0.2) is 54.6 Å². The van der Waals surface area contributed by atoms with Crippen molar-refractivity contribution in [3.8, 4) is 0 Å². The van der Waals surface area contributed by atoms with E-state index in [1.54, 1.807) is 24.3 Å². The summed E-state index contributed by atoms with van der Waals surface area (Å²) in [5.41, 5.74) is 2.41. The molecule has 2 rings (SSSR count). The fourth-order valence-corrected chi connectivity index (χ4v) is 2.10. The Morgan fingerprint density at radius 2 is 1.68 bits per heavy atom. The third-order valence-corrected chi connectivity index (χ3v) is 3.38. The molecule has 1 nitrogen and oxygen atoms in total. The van der Waals surface area contributed by atoms with E-state index < -0.39 is 0 Å². The quantitative estimate of drug-likeness (QED) is 0.567. The number of allylic oxidation sites excluding steroid dienone is 1. The van der Waals surface area contributed by atoms with Gasteiger partial charge in [-0.05, 0) is 24.6 Å². The third kappa shape index (κ3) is 3.46. The van der Waals surface area contributed by atoms with Gasteiger partial charge in [0.05, 0.1) is 10.1 Å². The van der Waals surface area contributed by atoms with E-state index in [1.807, 2.05) is 31.2 Å². The van der Waals surface area contributed by atoms with Crippen molar-refractivity contribution in [3.63, 3.8) is 0 Å². The molecule has 0 aromatic heterocycles. The van der Waals surface area contributed by atoms with Gasteiger partial charge in [-0.15, -0.1) is 0 Å². The first-order valence-electron chi connectivity index (χ1n) is 5.81. The van der Waals surface area contributed by atoms with E-state index in [0.29, 0.717) is 15.6 Å². The first kappa shape index (κ1) is 13.9. The highest BCUT2D eigenvalue weighted by Crippen LogP contribution is 2.22. The second kappa shape index (κ2) is 6.05. The summed E-state index contributed by atoms with van der Waals surface area (Å²) in [5.74, 6) is -0.198. The molecule has 0 aliphatic carbocycles. The summed E-state index contributed by atoms with van der Waals surface area (Å²) in [6.45, 7) is 2.00. The molecule has 0 unspecified atom stereocenters. The van der Waals surface area contributed by atoms with Crippen molar-refractivity contribution < 1.29 is 4.79 Å². The van der Waals surface area contributed by atoms with Crippen molar-refractivity contribution in [2.45, 2.75) is 6.92 Å². The van der Waals surface area contributed by atoms with Crippen LogP contribution in [0.5, 0.6) is 0 Å². The molecule has 0 fully saturated rings. The highest BCUT2D eigenvalue weighted by Gasteiger charge is 2.08. The van der Waals surface area contributed by atoms with Gasteiger partial charge < -0.3 is 0 Å². The van der Waals surface area contributed by atoms with Gasteiger partial charge in [0.2, 0.25) is 0 Å². The Labute approximate surface area is 122 Å². The maximum atomic E-state index is 12.1. The van der Waals surface area contributed by atoms with Crippen LogP contribution in [0, 0.1) is 6.92 Å². The Morgan fingerprint density at radius 3 is 2.32 bits per heavy atom. The average molecular weight is 291 g/mol. The number of rotatable bonds is 3. The lowest BCUT2D eigenvalue weighted by atomic mass is 10.1. The Kier molecular flexibility index (Phi) is 4.41. The van der Waals surface area contributed by atoms with E-state index >= 15 is 0 Å². The van der Waals surface area contributed by atoms with Gasteiger partial charge in [-0.1, -0.05) is 65.2 Å². The predicted molar refractivity (Wildman–Crippen MR) is 80.8 cm³/mol. The molecule has 2 aromatic carbocycles. The second-order valence-corrected chi connectivity index (χ2v) is 5.02. The minimum Gasteiger partial charge on any atom is -0.289 e. The van der Waals surface area contributed by atoms with Crippen LogP contribution in [0.3, 0.4) is 0 Å². The maximum Gasteiger partial charge on any atom is 0.188 e. The molecule has 0 saturated carbocycles. The molecule has 2 aromatic rings. The zero-order valence-electron chi connectivity index (χ0n) is 10.4. The molecule has 0 aliphatic rings. The van der Waals surface area contributed by atoms with Crippen molar-refractivity contribution in [2.75, 3.05) is 0 Å². The molecule has 0 atom stereocenters. The molecule has 3 heteroatoms. The Morgan fingerprint density at radius 1 is 1.05 bits per heavy atom. The Bertz CT molecular complexity index is 627. The van der Waals surface area contributed by atoms with E-state index in [4.69, 9.17) is 23.2 Å². The second-order valence-electron chi connectivity index (χ2n) is 4.20. The minimum atomic E-state index is -0.198. The van der Waals surface area contributed by atoms with Gasteiger partial charge in [0, 0.05) is 11.6 Å². The van der Waals surface area contributed by atoms with E-state index in [0.717, 1.165) is 11.1 Å². The number of halogens is 2. The van der Waals surface area contributed by atoms with Crippen molar-refractivity contribution in [1.82, 2.24) is 0 Å². The largest absolute Gasteiger partial charge is 0.289 e. The van der Waals surface area contributed by atoms with Gasteiger partial charge >= 0.3 is 0 Å². The topological polar surface area (TPSA) is 17.1 Å². The van der Waals surface area contributed by atoms with E-state index in [1.165, 1.54) is 6.08 Å². The summed E-state index contributed by atoms with van der Waals surface area (Å²) >= 11 is 12.1. The van der Waals surface area contributed by atoms with Crippen LogP contribution >= 0.6 is 23.2 Å². The lowest BCUT2D eigenvalue weighted by Gasteiger charge is -2.02.